The molecule has 2 rings (SSSR count). The van der Waals surface area contributed by atoms with Crippen LogP contribution in [0.4, 0.5) is 0 Å². The molecule has 10 heteroatoms. The van der Waals surface area contributed by atoms with Crippen LogP contribution >= 0.6 is 12.8 Å². The van der Waals surface area contributed by atoms with Crippen LogP contribution in [0.2, 0.25) is 0 Å². The number of sulfonamides is 1. The smallest absolute Gasteiger partial charge is 0.326 e. The van der Waals surface area contributed by atoms with Gasteiger partial charge in [-0.3, -0.25) is 8.68 Å². The summed E-state index contributed by atoms with van der Waals surface area (Å²) in [4.78, 5) is 24.2. The molecule has 1 atom stereocenters. The van der Waals surface area contributed by atoms with E-state index in [2.05, 4.69) is 22.7 Å². The minimum absolute atomic E-state index is 0.000900. The number of quaternary nitrogens is 1. The minimum atomic E-state index is -4.02. The molecule has 0 unspecified atom stereocenters. The molecule has 0 aliphatic carbocycles. The van der Waals surface area contributed by atoms with Crippen molar-refractivity contribution in [3.05, 3.63) is 35.2 Å². The van der Waals surface area contributed by atoms with Crippen LogP contribution in [0.15, 0.2) is 40.4 Å². The number of nitrogens with zero attached hydrogens (tertiary/aromatic N) is 2. The lowest BCUT2D eigenvalue weighted by molar-refractivity contribution is -0.778. The van der Waals surface area contributed by atoms with Gasteiger partial charge in [-0.1, -0.05) is 23.4 Å². The summed E-state index contributed by atoms with van der Waals surface area (Å²) in [5.74, 6) is -0.804. The lowest BCUT2D eigenvalue weighted by Crippen LogP contribution is -2.61. The van der Waals surface area contributed by atoms with Gasteiger partial charge in [0, 0.05) is 12.8 Å². The molecule has 26 heavy (non-hydrogen) atoms. The fourth-order valence-electron chi connectivity index (χ4n) is 2.96. The zero-order valence-electron chi connectivity index (χ0n) is 14.8. The van der Waals surface area contributed by atoms with Crippen molar-refractivity contribution in [2.24, 2.45) is 5.18 Å². The van der Waals surface area contributed by atoms with Crippen molar-refractivity contribution in [1.82, 2.24) is 4.72 Å². The fourth-order valence-corrected chi connectivity index (χ4v) is 4.44. The number of esters is 1. The number of carbonyl (C=O) groups excluding carboxylic acids is 1. The summed E-state index contributed by atoms with van der Waals surface area (Å²) in [6, 6.07) is 6.27. The van der Waals surface area contributed by atoms with Crippen molar-refractivity contribution in [2.75, 3.05) is 26.7 Å². The van der Waals surface area contributed by atoms with E-state index in [-0.39, 0.29) is 24.3 Å². The van der Waals surface area contributed by atoms with E-state index >= 15 is 0 Å². The van der Waals surface area contributed by atoms with Crippen LogP contribution in [-0.4, -0.2) is 56.6 Å². The number of benzene rings is 1. The summed E-state index contributed by atoms with van der Waals surface area (Å²) in [5, 5.41) is 3.20. The van der Waals surface area contributed by atoms with E-state index in [4.69, 9.17) is 4.74 Å². The van der Waals surface area contributed by atoms with E-state index in [1.165, 1.54) is 12.1 Å². The molecule has 0 spiro atoms. The third kappa shape index (κ3) is 4.61. The van der Waals surface area contributed by atoms with E-state index in [1.54, 1.807) is 25.1 Å². The van der Waals surface area contributed by atoms with Gasteiger partial charge in [0.2, 0.25) is 10.0 Å². The largest absolute Gasteiger partial charge is 0.465 e. The highest BCUT2D eigenvalue weighted by atomic mass is 32.2. The molecular formula is C16H24N3O5S2+. The van der Waals surface area contributed by atoms with Gasteiger partial charge in [0.05, 0.1) is 44.5 Å². The molecule has 0 amide bonds. The molecule has 1 fully saturated rings. The van der Waals surface area contributed by atoms with Crippen LogP contribution in [-0.2, 0) is 19.6 Å². The summed E-state index contributed by atoms with van der Waals surface area (Å²) >= 11 is 4.48. The van der Waals surface area contributed by atoms with Crippen molar-refractivity contribution < 1.29 is 21.8 Å². The Kier molecular flexibility index (Phi) is 6.43. The first-order valence-electron chi connectivity index (χ1n) is 8.32. The number of hydrogen-bond donors (Lipinski definition) is 2. The van der Waals surface area contributed by atoms with Gasteiger partial charge in [-0.2, -0.15) is 9.63 Å². The Morgan fingerprint density at radius 3 is 2.42 bits per heavy atom. The average molecular weight is 403 g/mol. The summed E-state index contributed by atoms with van der Waals surface area (Å²) in [5.41, 5.74) is -1.41. The molecule has 144 valence electrons. The second-order valence-corrected chi connectivity index (χ2v) is 9.28. The number of rotatable bonds is 7. The number of piperidine rings is 1. The highest BCUT2D eigenvalue weighted by Crippen LogP contribution is 2.34. The maximum Gasteiger partial charge on any atom is 0.326 e. The number of thiol groups is 1. The monoisotopic (exact) mass is 402 g/mol. The third-order valence-corrected chi connectivity index (χ3v) is 6.46. The molecule has 0 aromatic heterocycles. The van der Waals surface area contributed by atoms with Crippen molar-refractivity contribution >= 4 is 28.8 Å². The Morgan fingerprint density at radius 1 is 1.35 bits per heavy atom. The number of nitrogens with one attached hydrogen (secondary N) is 1. The molecule has 1 heterocycles. The van der Waals surface area contributed by atoms with Gasteiger partial charge in [-0.05, 0) is 19.1 Å². The first-order valence-corrected chi connectivity index (χ1v) is 10.2. The maximum atomic E-state index is 12.7. The molecule has 1 saturated heterocycles. The molecule has 1 aliphatic heterocycles. The van der Waals surface area contributed by atoms with E-state index in [0.29, 0.717) is 17.0 Å². The Labute approximate surface area is 159 Å². The predicted octanol–water partition coefficient (Wildman–Crippen LogP) is 1.49. The number of ether oxygens (including phenoxy) is 1. The second-order valence-electron chi connectivity index (χ2n) is 6.60. The molecule has 0 saturated carbocycles. The molecular weight excluding hydrogens is 378 g/mol. The summed E-state index contributed by atoms with van der Waals surface area (Å²) in [6.07, 6.45) is 0.439. The lowest BCUT2D eigenvalue weighted by Gasteiger charge is -2.41. The van der Waals surface area contributed by atoms with Crippen LogP contribution in [0.5, 0.6) is 0 Å². The van der Waals surface area contributed by atoms with Crippen molar-refractivity contribution in [1.29, 1.82) is 0 Å². The van der Waals surface area contributed by atoms with Crippen LogP contribution in [0.25, 0.3) is 0 Å². The van der Waals surface area contributed by atoms with E-state index in [1.807, 2.05) is 7.05 Å². The number of hydrogen-bond acceptors (Lipinski definition) is 7. The SMILES string of the molecule is CCOC(=O)[C@@H](NS(=O)(=O)c1ccccc1)C1(N=O)CC[N+](C)(S)CC1. The zero-order valence-corrected chi connectivity index (χ0v) is 16.5. The Balaban J connectivity index is 2.37. The highest BCUT2D eigenvalue weighted by molar-refractivity contribution is 7.89. The van der Waals surface area contributed by atoms with Crippen LogP contribution in [0.1, 0.15) is 19.8 Å². The molecule has 0 bridgehead atoms. The van der Waals surface area contributed by atoms with Gasteiger partial charge in [0.25, 0.3) is 0 Å². The van der Waals surface area contributed by atoms with E-state index in [9.17, 15) is 18.1 Å². The lowest BCUT2D eigenvalue weighted by atomic mass is 9.82. The van der Waals surface area contributed by atoms with Crippen LogP contribution in [0, 0.1) is 4.91 Å². The molecule has 1 aromatic rings. The number of carbonyl (C=O) groups is 1. The summed E-state index contributed by atoms with van der Waals surface area (Å²) in [7, 11) is -2.14. The molecule has 1 N–H and O–H groups in total. The molecule has 8 nitrogen and oxygen atoms in total. The summed E-state index contributed by atoms with van der Waals surface area (Å²) in [6.45, 7) is 2.62. The van der Waals surface area contributed by atoms with Crippen LogP contribution < -0.4 is 4.72 Å². The maximum absolute atomic E-state index is 12.7. The van der Waals surface area contributed by atoms with Gasteiger partial charge in [-0.25, -0.2) is 8.42 Å². The number of likely N-dealkylation sites (tertiary alicyclic amines) is 1. The van der Waals surface area contributed by atoms with Crippen LogP contribution in [0.3, 0.4) is 0 Å². The van der Waals surface area contributed by atoms with Gasteiger partial charge in [0.1, 0.15) is 11.6 Å². The Morgan fingerprint density at radius 2 is 1.92 bits per heavy atom. The molecule has 0 radical (unpaired) electrons. The average Bonchev–Trinajstić information content (AvgIpc) is 2.61. The normalized spacial score (nSPS) is 27.5. The summed E-state index contributed by atoms with van der Waals surface area (Å²) < 4.78 is 33.2. The van der Waals surface area contributed by atoms with Gasteiger partial charge < -0.3 is 4.74 Å². The highest BCUT2D eigenvalue weighted by Gasteiger charge is 2.52. The zero-order chi connectivity index (χ0) is 19.4. The number of nitroso groups, excluding NO2 is 1. The molecule has 1 aliphatic rings. The first kappa shape index (κ1) is 20.8. The molecule has 1 aromatic carbocycles. The van der Waals surface area contributed by atoms with E-state index in [0.717, 1.165) is 0 Å². The van der Waals surface area contributed by atoms with Crippen molar-refractivity contribution in [2.45, 2.75) is 36.2 Å². The first-order chi connectivity index (χ1) is 12.2. The van der Waals surface area contributed by atoms with Gasteiger partial charge >= 0.3 is 5.97 Å². The predicted molar refractivity (Wildman–Crippen MR) is 99.8 cm³/mol. The fraction of sp³-hybridized carbons (Fsp3) is 0.562. The minimum Gasteiger partial charge on any atom is -0.465 e. The Hall–Kier alpha value is -1.49. The van der Waals surface area contributed by atoms with Crippen molar-refractivity contribution in [3.63, 3.8) is 0 Å². The van der Waals surface area contributed by atoms with Gasteiger partial charge in [0.15, 0.2) is 0 Å². The third-order valence-electron chi connectivity index (χ3n) is 4.62. The van der Waals surface area contributed by atoms with E-state index < -0.39 is 27.6 Å². The standard InChI is InChI=1S/C16H24N3O5S2/c1-3-24-15(20)14(16(18-21)9-11-19(2,25)12-10-16)17-26(22,23)13-7-5-4-6-8-13/h4-8,14,17,25H,3,9-12H2,1-2H3/q+1/t14-,16?,19?/m1/s1. The second kappa shape index (κ2) is 8.03. The van der Waals surface area contributed by atoms with Crippen molar-refractivity contribution in [3.8, 4) is 0 Å². The topological polar surface area (TPSA) is 102 Å². The quantitative estimate of drug-likeness (QED) is 0.311. The van der Waals surface area contributed by atoms with Gasteiger partial charge in [-0.15, -0.1) is 0 Å². The Bertz CT molecular complexity index is 742.